The van der Waals surface area contributed by atoms with Crippen molar-refractivity contribution in [2.24, 2.45) is 0 Å². The molecule has 150 valence electrons. The zero-order valence-corrected chi connectivity index (χ0v) is 16.5. The smallest absolute Gasteiger partial charge is 0.276 e. The van der Waals surface area contributed by atoms with Gasteiger partial charge in [-0.1, -0.05) is 12.1 Å². The Labute approximate surface area is 163 Å². The highest BCUT2D eigenvalue weighted by molar-refractivity contribution is 7.89. The van der Waals surface area contributed by atoms with Gasteiger partial charge >= 0.3 is 0 Å². The highest BCUT2D eigenvalue weighted by Gasteiger charge is 2.31. The van der Waals surface area contributed by atoms with Gasteiger partial charge in [0.05, 0.1) is 4.90 Å². The van der Waals surface area contributed by atoms with Gasteiger partial charge in [0.15, 0.2) is 5.69 Å². The van der Waals surface area contributed by atoms with Gasteiger partial charge in [0.2, 0.25) is 15.9 Å². The van der Waals surface area contributed by atoms with E-state index in [0.29, 0.717) is 17.9 Å². The molecule has 0 aliphatic carbocycles. The maximum atomic E-state index is 12.8. The number of sulfonamides is 1. The molecule has 1 saturated heterocycles. The van der Waals surface area contributed by atoms with Crippen molar-refractivity contribution < 1.29 is 22.5 Å². The number of nitrogens with one attached hydrogen (secondary N) is 1. The molecule has 9 nitrogen and oxygen atoms in total. The van der Waals surface area contributed by atoms with E-state index in [9.17, 15) is 18.0 Å². The van der Waals surface area contributed by atoms with Crippen molar-refractivity contribution in [1.29, 1.82) is 0 Å². The van der Waals surface area contributed by atoms with Crippen molar-refractivity contribution in [3.05, 3.63) is 41.8 Å². The van der Waals surface area contributed by atoms with E-state index in [1.165, 1.54) is 23.4 Å². The standard InChI is InChI=1S/C18H22N4O5S/c1-3-15-12-17(20-27-15)18(24)21-8-10-22(11-9-21)28(25,26)16-6-4-14(5-7-16)19-13(2)23/h4-7,12H,3,8-11H2,1-2H3,(H,19,23). The first-order valence-electron chi connectivity index (χ1n) is 8.94. The molecule has 2 amide bonds. The van der Waals surface area contributed by atoms with Crippen molar-refractivity contribution in [3.8, 4) is 0 Å². The molecule has 0 unspecified atom stereocenters. The summed E-state index contributed by atoms with van der Waals surface area (Å²) in [6.07, 6.45) is 0.646. The molecule has 3 rings (SSSR count). The number of nitrogens with zero attached hydrogens (tertiary/aromatic N) is 3. The zero-order valence-electron chi connectivity index (χ0n) is 15.7. The molecule has 0 atom stereocenters. The van der Waals surface area contributed by atoms with E-state index in [0.717, 1.165) is 0 Å². The number of benzene rings is 1. The number of hydrogen-bond acceptors (Lipinski definition) is 6. The first kappa shape index (κ1) is 20.0. The number of rotatable bonds is 5. The summed E-state index contributed by atoms with van der Waals surface area (Å²) in [5.74, 6) is 0.141. The summed E-state index contributed by atoms with van der Waals surface area (Å²) in [6, 6.07) is 7.62. The Morgan fingerprint density at radius 1 is 1.14 bits per heavy atom. The number of carbonyl (C=O) groups excluding carboxylic acids is 2. The minimum Gasteiger partial charge on any atom is -0.361 e. The lowest BCUT2D eigenvalue weighted by Gasteiger charge is -2.33. The molecule has 1 aliphatic heterocycles. The number of carbonyl (C=O) groups is 2. The molecule has 2 heterocycles. The second-order valence-corrected chi connectivity index (χ2v) is 8.37. The van der Waals surface area contributed by atoms with Gasteiger partial charge in [-0.3, -0.25) is 9.59 Å². The van der Waals surface area contributed by atoms with Crippen LogP contribution in [0, 0.1) is 0 Å². The summed E-state index contributed by atoms with van der Waals surface area (Å²) in [5.41, 5.74) is 0.766. The van der Waals surface area contributed by atoms with Gasteiger partial charge in [-0.25, -0.2) is 8.42 Å². The molecule has 1 fully saturated rings. The molecular formula is C18H22N4O5S. The predicted molar refractivity (Wildman–Crippen MR) is 101 cm³/mol. The first-order valence-corrected chi connectivity index (χ1v) is 10.4. The molecule has 2 aromatic rings. The molecular weight excluding hydrogens is 384 g/mol. The maximum absolute atomic E-state index is 12.8. The first-order chi connectivity index (χ1) is 13.3. The van der Waals surface area contributed by atoms with E-state index in [4.69, 9.17) is 4.52 Å². The maximum Gasteiger partial charge on any atom is 0.276 e. The Morgan fingerprint density at radius 3 is 2.32 bits per heavy atom. The van der Waals surface area contributed by atoms with Gasteiger partial charge < -0.3 is 14.7 Å². The second kappa shape index (κ2) is 8.11. The topological polar surface area (TPSA) is 113 Å². The fourth-order valence-electron chi connectivity index (χ4n) is 2.94. The summed E-state index contributed by atoms with van der Waals surface area (Å²) < 4.78 is 32.0. The lowest BCUT2D eigenvalue weighted by molar-refractivity contribution is -0.114. The molecule has 0 bridgehead atoms. The lowest BCUT2D eigenvalue weighted by atomic mass is 10.2. The van der Waals surface area contributed by atoms with Crippen molar-refractivity contribution in [3.63, 3.8) is 0 Å². The Balaban J connectivity index is 1.64. The van der Waals surface area contributed by atoms with Gasteiger partial charge in [0.25, 0.3) is 5.91 Å². The Hall–Kier alpha value is -2.72. The van der Waals surface area contributed by atoms with Crippen LogP contribution in [0.1, 0.15) is 30.1 Å². The SMILES string of the molecule is CCc1cc(C(=O)N2CCN(S(=O)(=O)c3ccc(NC(C)=O)cc3)CC2)no1. The Morgan fingerprint density at radius 2 is 1.79 bits per heavy atom. The van der Waals surface area contributed by atoms with Gasteiger partial charge in [-0.05, 0) is 24.3 Å². The third-order valence-corrected chi connectivity index (χ3v) is 6.38. The normalized spacial score (nSPS) is 15.4. The number of amides is 2. The zero-order chi connectivity index (χ0) is 20.3. The Kier molecular flexibility index (Phi) is 5.80. The van der Waals surface area contributed by atoms with Crippen LogP contribution in [0.4, 0.5) is 5.69 Å². The molecule has 0 radical (unpaired) electrons. The van der Waals surface area contributed by atoms with E-state index in [2.05, 4.69) is 10.5 Å². The molecule has 0 spiro atoms. The largest absolute Gasteiger partial charge is 0.361 e. The van der Waals surface area contributed by atoms with Crippen molar-refractivity contribution in [1.82, 2.24) is 14.4 Å². The van der Waals surface area contributed by atoms with Crippen molar-refractivity contribution in [2.75, 3.05) is 31.5 Å². The average Bonchev–Trinajstić information content (AvgIpc) is 3.17. The van der Waals surface area contributed by atoms with Crippen LogP contribution in [-0.2, 0) is 21.2 Å². The van der Waals surface area contributed by atoms with Gasteiger partial charge in [0, 0.05) is 51.3 Å². The average molecular weight is 406 g/mol. The van der Waals surface area contributed by atoms with E-state index >= 15 is 0 Å². The number of aryl methyl sites for hydroxylation is 1. The minimum absolute atomic E-state index is 0.144. The van der Waals surface area contributed by atoms with Crippen LogP contribution in [0.25, 0.3) is 0 Å². The number of piperazine rings is 1. The predicted octanol–water partition coefficient (Wildman–Crippen LogP) is 1.34. The minimum atomic E-state index is -3.67. The van der Waals surface area contributed by atoms with E-state index in [1.54, 1.807) is 23.1 Å². The fraction of sp³-hybridized carbons (Fsp3) is 0.389. The van der Waals surface area contributed by atoms with Crippen LogP contribution in [-0.4, -0.2) is 60.8 Å². The quantitative estimate of drug-likeness (QED) is 0.802. The summed E-state index contributed by atoms with van der Waals surface area (Å²) in [5, 5.41) is 6.38. The summed E-state index contributed by atoms with van der Waals surface area (Å²) in [6.45, 7) is 4.22. The van der Waals surface area contributed by atoms with E-state index in [1.807, 2.05) is 6.92 Å². The number of hydrogen-bond donors (Lipinski definition) is 1. The molecule has 0 saturated carbocycles. The molecule has 1 N–H and O–H groups in total. The number of anilines is 1. The van der Waals surface area contributed by atoms with Crippen LogP contribution in [0.15, 0.2) is 39.8 Å². The van der Waals surface area contributed by atoms with Gasteiger partial charge in [-0.15, -0.1) is 0 Å². The summed E-state index contributed by atoms with van der Waals surface area (Å²) in [7, 11) is -3.67. The third-order valence-electron chi connectivity index (χ3n) is 4.46. The molecule has 1 aromatic carbocycles. The van der Waals surface area contributed by atoms with Gasteiger partial charge in [-0.2, -0.15) is 4.31 Å². The third kappa shape index (κ3) is 4.23. The van der Waals surface area contributed by atoms with Crippen LogP contribution >= 0.6 is 0 Å². The monoisotopic (exact) mass is 406 g/mol. The highest BCUT2D eigenvalue weighted by atomic mass is 32.2. The molecule has 1 aromatic heterocycles. The molecule has 1 aliphatic rings. The van der Waals surface area contributed by atoms with Crippen LogP contribution in [0.5, 0.6) is 0 Å². The van der Waals surface area contributed by atoms with Crippen LogP contribution < -0.4 is 5.32 Å². The van der Waals surface area contributed by atoms with E-state index < -0.39 is 10.0 Å². The van der Waals surface area contributed by atoms with E-state index in [-0.39, 0.29) is 48.6 Å². The summed E-state index contributed by atoms with van der Waals surface area (Å²) in [4.78, 5) is 25.3. The Bertz CT molecular complexity index is 960. The fourth-order valence-corrected chi connectivity index (χ4v) is 4.36. The van der Waals surface area contributed by atoms with Crippen molar-refractivity contribution in [2.45, 2.75) is 25.2 Å². The molecule has 28 heavy (non-hydrogen) atoms. The lowest BCUT2D eigenvalue weighted by Crippen LogP contribution is -2.50. The van der Waals surface area contributed by atoms with Crippen molar-refractivity contribution >= 4 is 27.5 Å². The van der Waals surface area contributed by atoms with Crippen LogP contribution in [0.3, 0.4) is 0 Å². The van der Waals surface area contributed by atoms with Crippen LogP contribution in [0.2, 0.25) is 0 Å². The summed E-state index contributed by atoms with van der Waals surface area (Å²) >= 11 is 0. The number of aromatic nitrogens is 1. The van der Waals surface area contributed by atoms with Gasteiger partial charge in [0.1, 0.15) is 5.76 Å². The highest BCUT2D eigenvalue weighted by Crippen LogP contribution is 2.20. The molecule has 10 heteroatoms. The second-order valence-electron chi connectivity index (χ2n) is 6.43.